The zero-order valence-electron chi connectivity index (χ0n) is 15.1. The molecule has 1 fully saturated rings. The van der Waals surface area contributed by atoms with Gasteiger partial charge in [-0.1, -0.05) is 0 Å². The van der Waals surface area contributed by atoms with Gasteiger partial charge in [0.1, 0.15) is 0 Å². The van der Waals surface area contributed by atoms with Crippen LogP contribution < -0.4 is 15.5 Å². The number of anilines is 2. The van der Waals surface area contributed by atoms with E-state index >= 15 is 0 Å². The molecule has 3 rings (SSSR count). The summed E-state index contributed by atoms with van der Waals surface area (Å²) in [6.45, 7) is 0. The lowest BCUT2D eigenvalue weighted by molar-refractivity contribution is -0.384. The number of benzene rings is 2. The van der Waals surface area contributed by atoms with Crippen molar-refractivity contribution in [3.63, 3.8) is 0 Å². The van der Waals surface area contributed by atoms with Crippen LogP contribution in [0.4, 0.5) is 17.1 Å². The Labute approximate surface area is 156 Å². The van der Waals surface area contributed by atoms with E-state index in [-0.39, 0.29) is 17.6 Å². The Kier molecular flexibility index (Phi) is 5.07. The SMILES string of the molecule is CN(C)c1ccc(NC(=O)c2ccc([N+](=O)[O-])cc2)cc1C(=O)NC1CC1. The summed E-state index contributed by atoms with van der Waals surface area (Å²) in [5, 5.41) is 16.4. The zero-order valence-corrected chi connectivity index (χ0v) is 15.1. The third-order valence-electron chi connectivity index (χ3n) is 4.23. The minimum atomic E-state index is -0.521. The molecule has 0 heterocycles. The molecule has 1 aliphatic carbocycles. The molecule has 0 saturated heterocycles. The van der Waals surface area contributed by atoms with Crippen molar-refractivity contribution >= 4 is 28.9 Å². The fourth-order valence-corrected chi connectivity index (χ4v) is 2.61. The first-order chi connectivity index (χ1) is 12.8. The first-order valence-electron chi connectivity index (χ1n) is 8.53. The van der Waals surface area contributed by atoms with Gasteiger partial charge < -0.3 is 15.5 Å². The normalized spacial score (nSPS) is 13.0. The van der Waals surface area contributed by atoms with Crippen molar-refractivity contribution in [3.05, 3.63) is 63.7 Å². The molecular weight excluding hydrogens is 348 g/mol. The van der Waals surface area contributed by atoms with Crippen LogP contribution in [-0.2, 0) is 0 Å². The van der Waals surface area contributed by atoms with Crippen molar-refractivity contribution in [3.8, 4) is 0 Å². The van der Waals surface area contributed by atoms with E-state index in [9.17, 15) is 19.7 Å². The zero-order chi connectivity index (χ0) is 19.6. The van der Waals surface area contributed by atoms with E-state index in [0.717, 1.165) is 18.5 Å². The second kappa shape index (κ2) is 7.45. The Morgan fingerprint density at radius 1 is 1.07 bits per heavy atom. The molecule has 27 heavy (non-hydrogen) atoms. The van der Waals surface area contributed by atoms with Gasteiger partial charge in [0.05, 0.1) is 10.5 Å². The van der Waals surface area contributed by atoms with Crippen LogP contribution in [0.5, 0.6) is 0 Å². The number of nitrogens with one attached hydrogen (secondary N) is 2. The summed E-state index contributed by atoms with van der Waals surface area (Å²) in [5.74, 6) is -0.580. The summed E-state index contributed by atoms with van der Waals surface area (Å²) < 4.78 is 0. The molecule has 8 heteroatoms. The van der Waals surface area contributed by atoms with Crippen LogP contribution in [0.25, 0.3) is 0 Å². The maximum Gasteiger partial charge on any atom is 0.269 e. The highest BCUT2D eigenvalue weighted by molar-refractivity contribution is 6.06. The summed E-state index contributed by atoms with van der Waals surface area (Å²) in [7, 11) is 3.69. The lowest BCUT2D eigenvalue weighted by atomic mass is 10.1. The van der Waals surface area contributed by atoms with Gasteiger partial charge in [0.2, 0.25) is 0 Å². The molecule has 1 saturated carbocycles. The van der Waals surface area contributed by atoms with Crippen LogP contribution in [0.1, 0.15) is 33.6 Å². The molecule has 0 atom stereocenters. The highest BCUT2D eigenvalue weighted by Gasteiger charge is 2.25. The van der Waals surface area contributed by atoms with E-state index in [1.807, 2.05) is 19.0 Å². The summed E-state index contributed by atoms with van der Waals surface area (Å²) >= 11 is 0. The monoisotopic (exact) mass is 368 g/mol. The number of non-ortho nitro benzene ring substituents is 1. The molecule has 0 bridgehead atoms. The van der Waals surface area contributed by atoms with Gasteiger partial charge in [-0.2, -0.15) is 0 Å². The minimum Gasteiger partial charge on any atom is -0.377 e. The molecular formula is C19H20N4O4. The van der Waals surface area contributed by atoms with Crippen LogP contribution >= 0.6 is 0 Å². The van der Waals surface area contributed by atoms with Crippen molar-refractivity contribution in [1.82, 2.24) is 5.32 Å². The van der Waals surface area contributed by atoms with Crippen LogP contribution in [0, 0.1) is 10.1 Å². The Hall–Kier alpha value is -3.42. The fourth-order valence-electron chi connectivity index (χ4n) is 2.61. The Bertz CT molecular complexity index is 889. The Morgan fingerprint density at radius 2 is 1.74 bits per heavy atom. The van der Waals surface area contributed by atoms with Gasteiger partial charge in [-0.15, -0.1) is 0 Å². The van der Waals surface area contributed by atoms with Gasteiger partial charge >= 0.3 is 0 Å². The van der Waals surface area contributed by atoms with Crippen molar-refractivity contribution in [2.24, 2.45) is 0 Å². The first-order valence-corrected chi connectivity index (χ1v) is 8.53. The molecule has 0 radical (unpaired) electrons. The van der Waals surface area contributed by atoms with E-state index < -0.39 is 10.8 Å². The first kappa shape index (κ1) is 18.4. The lowest BCUT2D eigenvalue weighted by Gasteiger charge is -2.18. The smallest absolute Gasteiger partial charge is 0.269 e. The third kappa shape index (κ3) is 4.41. The molecule has 2 amide bonds. The summed E-state index contributed by atoms with van der Waals surface area (Å²) in [5.41, 5.74) is 1.92. The summed E-state index contributed by atoms with van der Waals surface area (Å²) in [6.07, 6.45) is 1.97. The summed E-state index contributed by atoms with van der Waals surface area (Å²) in [6, 6.07) is 10.7. The molecule has 0 spiro atoms. The van der Waals surface area contributed by atoms with Crippen molar-refractivity contribution in [1.29, 1.82) is 0 Å². The fraction of sp³-hybridized carbons (Fsp3) is 0.263. The van der Waals surface area contributed by atoms with Gasteiger partial charge in [-0.05, 0) is 43.2 Å². The molecule has 2 aromatic carbocycles. The average Bonchev–Trinajstić information content (AvgIpc) is 3.45. The molecule has 0 aromatic heterocycles. The van der Waals surface area contributed by atoms with Gasteiger partial charge in [-0.25, -0.2) is 0 Å². The number of carbonyl (C=O) groups is 2. The number of carbonyl (C=O) groups excluding carboxylic acids is 2. The number of amides is 2. The molecule has 8 nitrogen and oxygen atoms in total. The third-order valence-corrected chi connectivity index (χ3v) is 4.23. The van der Waals surface area contributed by atoms with E-state index in [1.165, 1.54) is 24.3 Å². The van der Waals surface area contributed by atoms with Crippen LogP contribution in [0.15, 0.2) is 42.5 Å². The maximum absolute atomic E-state index is 12.5. The molecule has 2 N–H and O–H groups in total. The topological polar surface area (TPSA) is 105 Å². The largest absolute Gasteiger partial charge is 0.377 e. The molecule has 0 aliphatic heterocycles. The number of nitro benzene ring substituents is 1. The number of rotatable bonds is 6. The second-order valence-corrected chi connectivity index (χ2v) is 6.63. The second-order valence-electron chi connectivity index (χ2n) is 6.63. The van der Waals surface area contributed by atoms with Crippen molar-refractivity contribution < 1.29 is 14.5 Å². The average molecular weight is 368 g/mol. The number of nitrogens with zero attached hydrogens (tertiary/aromatic N) is 2. The molecule has 1 aliphatic rings. The highest BCUT2D eigenvalue weighted by Crippen LogP contribution is 2.26. The summed E-state index contributed by atoms with van der Waals surface area (Å²) in [4.78, 5) is 36.9. The lowest BCUT2D eigenvalue weighted by Crippen LogP contribution is -2.27. The van der Waals surface area contributed by atoms with Gasteiger partial charge in [0.25, 0.3) is 17.5 Å². The van der Waals surface area contributed by atoms with Gasteiger partial charge in [0, 0.05) is 49.2 Å². The molecule has 2 aromatic rings. The number of hydrogen-bond acceptors (Lipinski definition) is 5. The minimum absolute atomic E-state index is 0.0825. The van der Waals surface area contributed by atoms with Gasteiger partial charge in [-0.3, -0.25) is 19.7 Å². The maximum atomic E-state index is 12.5. The standard InChI is InChI=1S/C19H20N4O4/c1-22(2)17-10-7-14(11-16(17)19(25)20-13-5-6-13)21-18(24)12-3-8-15(9-4-12)23(26)27/h3-4,7-11,13H,5-6H2,1-2H3,(H,20,25)(H,21,24). The van der Waals surface area contributed by atoms with Crippen LogP contribution in [-0.4, -0.2) is 36.9 Å². The Morgan fingerprint density at radius 3 is 2.30 bits per heavy atom. The Balaban J connectivity index is 1.80. The van der Waals surface area contributed by atoms with Crippen LogP contribution in [0.2, 0.25) is 0 Å². The van der Waals surface area contributed by atoms with E-state index in [2.05, 4.69) is 10.6 Å². The van der Waals surface area contributed by atoms with Crippen molar-refractivity contribution in [2.45, 2.75) is 18.9 Å². The van der Waals surface area contributed by atoms with E-state index in [1.54, 1.807) is 18.2 Å². The molecule has 140 valence electrons. The predicted molar refractivity (Wildman–Crippen MR) is 102 cm³/mol. The van der Waals surface area contributed by atoms with E-state index in [0.29, 0.717) is 16.8 Å². The number of hydrogen-bond donors (Lipinski definition) is 2. The predicted octanol–water partition coefficient (Wildman–Crippen LogP) is 2.81. The van der Waals surface area contributed by atoms with Crippen molar-refractivity contribution in [2.75, 3.05) is 24.3 Å². The number of nitro groups is 1. The van der Waals surface area contributed by atoms with Crippen LogP contribution in [0.3, 0.4) is 0 Å². The quantitative estimate of drug-likeness (QED) is 0.603. The van der Waals surface area contributed by atoms with E-state index in [4.69, 9.17) is 0 Å². The van der Waals surface area contributed by atoms with Gasteiger partial charge in [0.15, 0.2) is 0 Å². The highest BCUT2D eigenvalue weighted by atomic mass is 16.6. The molecule has 0 unspecified atom stereocenters.